The van der Waals surface area contributed by atoms with Crippen molar-refractivity contribution in [2.75, 3.05) is 33.0 Å². The normalized spacial score (nSPS) is 10.2. The van der Waals surface area contributed by atoms with E-state index in [1.165, 1.54) is 6.07 Å². The topological polar surface area (TPSA) is 80.3 Å². The third kappa shape index (κ3) is 8.94. The van der Waals surface area contributed by atoms with Crippen molar-refractivity contribution in [3.05, 3.63) is 78.7 Å². The Bertz CT molecular complexity index is 1140. The van der Waals surface area contributed by atoms with E-state index in [4.69, 9.17) is 23.7 Å². The van der Waals surface area contributed by atoms with Gasteiger partial charge in [-0.3, -0.25) is 0 Å². The molecule has 2 aromatic carbocycles. The zero-order valence-electron chi connectivity index (χ0n) is 20.9. The second kappa shape index (κ2) is 13.7. The summed E-state index contributed by atoms with van der Waals surface area (Å²) in [5.74, 6) is -0.703. The summed E-state index contributed by atoms with van der Waals surface area (Å²) in [5.41, 5.74) is 2.60. The highest BCUT2D eigenvalue weighted by atomic mass is 19.1. The molecule has 2 rings (SSSR count). The monoisotopic (exact) mass is 498 g/mol. The molecule has 0 spiro atoms. The highest BCUT2D eigenvalue weighted by molar-refractivity contribution is 5.87. The number of benzene rings is 2. The van der Waals surface area contributed by atoms with E-state index in [1.807, 2.05) is 0 Å². The van der Waals surface area contributed by atoms with Crippen LogP contribution in [-0.2, 0) is 19.1 Å². The number of carbonyl (C=O) groups excluding carboxylic acids is 2. The van der Waals surface area contributed by atoms with Gasteiger partial charge in [0.2, 0.25) is 0 Å². The molecule has 0 aromatic heterocycles. The molecule has 0 N–H and O–H groups in total. The lowest BCUT2D eigenvalue weighted by molar-refractivity contribution is -0.140. The minimum absolute atomic E-state index is 0.00499. The molecule has 0 aliphatic rings. The van der Waals surface area contributed by atoms with Crippen LogP contribution in [0.15, 0.2) is 72.9 Å². The second-order valence-electron chi connectivity index (χ2n) is 8.08. The van der Waals surface area contributed by atoms with Gasteiger partial charge in [0.15, 0.2) is 23.1 Å². The number of rotatable bonds is 14. The van der Waals surface area contributed by atoms with Crippen molar-refractivity contribution in [1.29, 1.82) is 0 Å². The fourth-order valence-corrected chi connectivity index (χ4v) is 2.74. The first-order valence-electron chi connectivity index (χ1n) is 11.2. The van der Waals surface area contributed by atoms with Gasteiger partial charge in [-0.1, -0.05) is 31.9 Å². The average molecular weight is 499 g/mol. The van der Waals surface area contributed by atoms with Crippen molar-refractivity contribution < 1.29 is 37.7 Å². The summed E-state index contributed by atoms with van der Waals surface area (Å²) >= 11 is 0. The maximum absolute atomic E-state index is 14.6. The zero-order valence-corrected chi connectivity index (χ0v) is 20.9. The predicted octanol–water partition coefficient (Wildman–Crippen LogP) is 5.44. The number of ether oxygens (including phenoxy) is 5. The molecule has 192 valence electrons. The Balaban J connectivity index is 2.17. The Hall–Kier alpha value is -4.07. The molecule has 2 aromatic rings. The number of esters is 2. The van der Waals surface area contributed by atoms with Crippen molar-refractivity contribution >= 4 is 11.9 Å². The van der Waals surface area contributed by atoms with Crippen LogP contribution in [0.2, 0.25) is 0 Å². The number of hydrogen-bond acceptors (Lipinski definition) is 7. The largest absolute Gasteiger partial charge is 0.486 e. The summed E-state index contributed by atoms with van der Waals surface area (Å²) in [6.45, 7) is 16.0. The van der Waals surface area contributed by atoms with Crippen LogP contribution >= 0.6 is 0 Å². The predicted molar refractivity (Wildman–Crippen MR) is 135 cm³/mol. The third-order valence-electron chi connectivity index (χ3n) is 4.53. The van der Waals surface area contributed by atoms with Crippen LogP contribution in [0.4, 0.5) is 4.39 Å². The van der Waals surface area contributed by atoms with E-state index in [9.17, 15) is 14.0 Å². The van der Waals surface area contributed by atoms with Gasteiger partial charge in [0, 0.05) is 11.1 Å². The van der Waals surface area contributed by atoms with E-state index < -0.39 is 17.8 Å². The van der Waals surface area contributed by atoms with Gasteiger partial charge in [0.05, 0.1) is 0 Å². The Kier molecular flexibility index (Phi) is 10.7. The quantitative estimate of drug-likeness (QED) is 0.148. The van der Waals surface area contributed by atoms with Crippen LogP contribution in [-0.4, -0.2) is 45.0 Å². The number of carbonyl (C=O) groups is 2. The van der Waals surface area contributed by atoms with Gasteiger partial charge in [0.1, 0.15) is 33.0 Å². The van der Waals surface area contributed by atoms with Gasteiger partial charge in [-0.2, -0.15) is 0 Å². The smallest absolute Gasteiger partial charge is 0.333 e. The van der Waals surface area contributed by atoms with Crippen molar-refractivity contribution in [3.63, 3.8) is 0 Å². The Morgan fingerprint density at radius 3 is 1.69 bits per heavy atom. The lowest BCUT2D eigenvalue weighted by atomic mass is 10.0. The van der Waals surface area contributed by atoms with Gasteiger partial charge in [0.25, 0.3) is 0 Å². The summed E-state index contributed by atoms with van der Waals surface area (Å²) in [6.07, 6.45) is 0. The summed E-state index contributed by atoms with van der Waals surface area (Å²) < 4.78 is 41.6. The van der Waals surface area contributed by atoms with Gasteiger partial charge in [-0.25, -0.2) is 14.0 Å². The van der Waals surface area contributed by atoms with E-state index >= 15 is 0 Å². The van der Waals surface area contributed by atoms with Crippen molar-refractivity contribution in [2.24, 2.45) is 0 Å². The third-order valence-corrected chi connectivity index (χ3v) is 4.53. The lowest BCUT2D eigenvalue weighted by Gasteiger charge is -2.15. The molecular weight excluding hydrogens is 467 g/mol. The average Bonchev–Trinajstić information content (AvgIpc) is 2.83. The van der Waals surface area contributed by atoms with Gasteiger partial charge >= 0.3 is 11.9 Å². The van der Waals surface area contributed by atoms with E-state index in [0.717, 1.165) is 5.57 Å². The van der Waals surface area contributed by atoms with Crippen LogP contribution in [0.3, 0.4) is 0 Å². The van der Waals surface area contributed by atoms with E-state index in [0.29, 0.717) is 22.6 Å². The SMILES string of the molecule is C=C(C)COc1ccc(-c2ccc(OCCOC(=O)C(=C)C)c(OCCOC(=O)C(=C)C)c2)cc1F. The first-order valence-corrected chi connectivity index (χ1v) is 11.2. The maximum Gasteiger partial charge on any atom is 0.333 e. The zero-order chi connectivity index (χ0) is 26.7. The maximum atomic E-state index is 14.6. The number of halogens is 1. The van der Waals surface area contributed by atoms with Crippen molar-refractivity contribution in [1.82, 2.24) is 0 Å². The molecule has 7 nitrogen and oxygen atoms in total. The minimum atomic E-state index is -0.521. The molecule has 0 bridgehead atoms. The molecule has 0 unspecified atom stereocenters. The van der Waals surface area contributed by atoms with Crippen LogP contribution in [0, 0.1) is 5.82 Å². The summed E-state index contributed by atoms with van der Waals surface area (Å²) in [4.78, 5) is 23.1. The molecule has 8 heteroatoms. The molecule has 0 saturated carbocycles. The van der Waals surface area contributed by atoms with E-state index in [2.05, 4.69) is 19.7 Å². The standard InChI is InChI=1S/C28H31FO7/c1-18(2)17-36-24-9-7-21(15-23(24)29)22-8-10-25(32-11-13-34-27(30)19(3)4)26(16-22)33-12-14-35-28(31)20(5)6/h7-10,15-16H,1,3,5,11-14,17H2,2,4,6H3. The Morgan fingerprint density at radius 1 is 0.694 bits per heavy atom. The molecule has 0 amide bonds. The van der Waals surface area contributed by atoms with Gasteiger partial charge < -0.3 is 23.7 Å². The van der Waals surface area contributed by atoms with E-state index in [1.54, 1.807) is 51.1 Å². The second-order valence-corrected chi connectivity index (χ2v) is 8.08. The van der Waals surface area contributed by atoms with Crippen LogP contribution in [0.1, 0.15) is 20.8 Å². The summed E-state index contributed by atoms with van der Waals surface area (Å²) in [5, 5.41) is 0. The molecular formula is C28H31FO7. The van der Waals surface area contributed by atoms with Crippen LogP contribution in [0.5, 0.6) is 17.2 Å². The molecule has 0 fully saturated rings. The molecule has 0 saturated heterocycles. The van der Waals surface area contributed by atoms with Crippen LogP contribution < -0.4 is 14.2 Å². The molecule has 0 radical (unpaired) electrons. The fourth-order valence-electron chi connectivity index (χ4n) is 2.74. The summed E-state index contributed by atoms with van der Waals surface area (Å²) in [7, 11) is 0. The molecule has 0 aliphatic heterocycles. The Morgan fingerprint density at radius 2 is 1.19 bits per heavy atom. The van der Waals surface area contributed by atoms with E-state index in [-0.39, 0.29) is 49.9 Å². The summed E-state index contributed by atoms with van der Waals surface area (Å²) in [6, 6.07) is 9.72. The highest BCUT2D eigenvalue weighted by Crippen LogP contribution is 2.34. The number of hydrogen-bond donors (Lipinski definition) is 0. The lowest BCUT2D eigenvalue weighted by Crippen LogP contribution is -2.14. The highest BCUT2D eigenvalue weighted by Gasteiger charge is 2.12. The van der Waals surface area contributed by atoms with Gasteiger partial charge in [-0.15, -0.1) is 0 Å². The first kappa shape index (κ1) is 28.2. The molecule has 0 aliphatic carbocycles. The van der Waals surface area contributed by atoms with Gasteiger partial charge in [-0.05, 0) is 61.7 Å². The first-order chi connectivity index (χ1) is 17.1. The van der Waals surface area contributed by atoms with Crippen molar-refractivity contribution in [3.8, 4) is 28.4 Å². The van der Waals surface area contributed by atoms with Crippen molar-refractivity contribution in [2.45, 2.75) is 20.8 Å². The van der Waals surface area contributed by atoms with Crippen LogP contribution in [0.25, 0.3) is 11.1 Å². The molecule has 0 heterocycles. The minimum Gasteiger partial charge on any atom is -0.486 e. The molecule has 0 atom stereocenters. The Labute approximate surface area is 210 Å². The fraction of sp³-hybridized carbons (Fsp3) is 0.286. The molecule has 36 heavy (non-hydrogen) atoms.